The van der Waals surface area contributed by atoms with E-state index in [0.717, 1.165) is 5.69 Å². The van der Waals surface area contributed by atoms with Crippen LogP contribution in [0.15, 0.2) is 24.4 Å². The monoisotopic (exact) mass is 178 g/mol. The van der Waals surface area contributed by atoms with E-state index in [1.807, 2.05) is 25.2 Å². The summed E-state index contributed by atoms with van der Waals surface area (Å²) in [7, 11) is 1.84. The first-order valence-corrected chi connectivity index (χ1v) is 4.31. The van der Waals surface area contributed by atoms with Crippen molar-refractivity contribution in [3.05, 3.63) is 30.1 Å². The summed E-state index contributed by atoms with van der Waals surface area (Å²) in [6.07, 6.45) is 2.23. The van der Waals surface area contributed by atoms with Crippen LogP contribution in [0.1, 0.15) is 25.1 Å². The lowest BCUT2D eigenvalue weighted by Crippen LogP contribution is -2.19. The Hall–Kier alpha value is -1.22. The quantitative estimate of drug-likeness (QED) is 0.756. The van der Waals surface area contributed by atoms with Gasteiger partial charge in [-0.25, -0.2) is 0 Å². The molecule has 3 heteroatoms. The van der Waals surface area contributed by atoms with Crippen molar-refractivity contribution in [2.24, 2.45) is 0 Å². The Kier molecular flexibility index (Phi) is 3.58. The molecular formula is C10H14N2O. The number of aromatic nitrogens is 1. The van der Waals surface area contributed by atoms with Crippen molar-refractivity contribution < 1.29 is 4.79 Å². The zero-order valence-corrected chi connectivity index (χ0v) is 7.95. The molecule has 0 aliphatic rings. The first-order valence-electron chi connectivity index (χ1n) is 4.31. The number of nitrogens with one attached hydrogen (secondary N) is 1. The first kappa shape index (κ1) is 9.86. The molecule has 1 N–H and O–H groups in total. The number of ketones is 1. The van der Waals surface area contributed by atoms with Crippen LogP contribution < -0.4 is 5.32 Å². The largest absolute Gasteiger partial charge is 0.311 e. The third kappa shape index (κ3) is 2.95. The van der Waals surface area contributed by atoms with Crippen LogP contribution in [0.5, 0.6) is 0 Å². The number of nitrogens with zero attached hydrogens (tertiary/aromatic N) is 1. The molecule has 1 rings (SSSR count). The fourth-order valence-corrected chi connectivity index (χ4v) is 1.22. The van der Waals surface area contributed by atoms with Gasteiger partial charge < -0.3 is 5.32 Å². The Morgan fingerprint density at radius 3 is 2.85 bits per heavy atom. The molecule has 0 aliphatic heterocycles. The molecule has 13 heavy (non-hydrogen) atoms. The van der Waals surface area contributed by atoms with Gasteiger partial charge in [0.15, 0.2) is 0 Å². The lowest BCUT2D eigenvalue weighted by molar-refractivity contribution is -0.117. The Labute approximate surface area is 78.2 Å². The van der Waals surface area contributed by atoms with Gasteiger partial charge in [0.2, 0.25) is 0 Å². The van der Waals surface area contributed by atoms with Gasteiger partial charge in [-0.1, -0.05) is 6.07 Å². The van der Waals surface area contributed by atoms with E-state index in [-0.39, 0.29) is 11.8 Å². The maximum atomic E-state index is 10.9. The number of hydrogen-bond acceptors (Lipinski definition) is 3. The molecule has 1 atom stereocenters. The number of Topliss-reactive ketones (excluding diaryl/α,β-unsaturated/α-hetero) is 1. The van der Waals surface area contributed by atoms with Gasteiger partial charge in [-0.15, -0.1) is 0 Å². The van der Waals surface area contributed by atoms with Crippen LogP contribution in [-0.4, -0.2) is 17.8 Å². The number of carbonyl (C=O) groups is 1. The molecule has 1 heterocycles. The number of rotatable bonds is 4. The van der Waals surface area contributed by atoms with Crippen molar-refractivity contribution in [1.82, 2.24) is 10.3 Å². The maximum absolute atomic E-state index is 10.9. The summed E-state index contributed by atoms with van der Waals surface area (Å²) in [5.41, 5.74) is 0.917. The fourth-order valence-electron chi connectivity index (χ4n) is 1.22. The molecular weight excluding hydrogens is 164 g/mol. The summed E-state index contributed by atoms with van der Waals surface area (Å²) in [5.74, 6) is 0.171. The van der Waals surface area contributed by atoms with Crippen molar-refractivity contribution in [1.29, 1.82) is 0 Å². The summed E-state index contributed by atoms with van der Waals surface area (Å²) >= 11 is 0. The lowest BCUT2D eigenvalue weighted by Gasteiger charge is -2.12. The molecule has 0 aromatic carbocycles. The molecule has 0 radical (unpaired) electrons. The third-order valence-corrected chi connectivity index (χ3v) is 1.88. The molecule has 0 bridgehead atoms. The molecule has 0 saturated heterocycles. The number of hydrogen-bond donors (Lipinski definition) is 1. The van der Waals surface area contributed by atoms with E-state index < -0.39 is 0 Å². The smallest absolute Gasteiger partial charge is 0.131 e. The Morgan fingerprint density at radius 1 is 1.62 bits per heavy atom. The zero-order chi connectivity index (χ0) is 9.68. The molecule has 1 aromatic rings. The van der Waals surface area contributed by atoms with E-state index in [9.17, 15) is 4.79 Å². The van der Waals surface area contributed by atoms with E-state index in [0.29, 0.717) is 6.42 Å². The predicted molar refractivity (Wildman–Crippen MR) is 51.3 cm³/mol. The third-order valence-electron chi connectivity index (χ3n) is 1.88. The van der Waals surface area contributed by atoms with Crippen LogP contribution in [0.2, 0.25) is 0 Å². The first-order chi connectivity index (χ1) is 6.24. The van der Waals surface area contributed by atoms with Crippen molar-refractivity contribution in [2.75, 3.05) is 7.05 Å². The second kappa shape index (κ2) is 4.72. The topological polar surface area (TPSA) is 42.0 Å². The summed E-state index contributed by atoms with van der Waals surface area (Å²) in [6, 6.07) is 5.75. The fraction of sp³-hybridized carbons (Fsp3) is 0.400. The van der Waals surface area contributed by atoms with Gasteiger partial charge in [-0.2, -0.15) is 0 Å². The van der Waals surface area contributed by atoms with Crippen molar-refractivity contribution in [3.63, 3.8) is 0 Å². The van der Waals surface area contributed by atoms with E-state index in [2.05, 4.69) is 10.3 Å². The normalized spacial score (nSPS) is 12.5. The van der Waals surface area contributed by atoms with Gasteiger partial charge in [0, 0.05) is 12.6 Å². The van der Waals surface area contributed by atoms with Crippen LogP contribution in [0.3, 0.4) is 0 Å². The van der Waals surface area contributed by atoms with Gasteiger partial charge in [0.05, 0.1) is 11.7 Å². The van der Waals surface area contributed by atoms with E-state index >= 15 is 0 Å². The van der Waals surface area contributed by atoms with Crippen LogP contribution in [0, 0.1) is 0 Å². The highest BCUT2D eigenvalue weighted by Crippen LogP contribution is 2.12. The summed E-state index contributed by atoms with van der Waals surface area (Å²) in [6.45, 7) is 1.59. The number of carbonyl (C=O) groups excluding carboxylic acids is 1. The van der Waals surface area contributed by atoms with Crippen LogP contribution >= 0.6 is 0 Å². The average molecular weight is 178 g/mol. The molecule has 0 fully saturated rings. The Bertz CT molecular complexity index is 272. The molecule has 70 valence electrons. The summed E-state index contributed by atoms with van der Waals surface area (Å²) in [5, 5.41) is 3.07. The van der Waals surface area contributed by atoms with Gasteiger partial charge in [0.1, 0.15) is 5.78 Å². The summed E-state index contributed by atoms with van der Waals surface area (Å²) < 4.78 is 0. The van der Waals surface area contributed by atoms with Crippen LogP contribution in [-0.2, 0) is 4.79 Å². The highest BCUT2D eigenvalue weighted by Gasteiger charge is 2.11. The zero-order valence-electron chi connectivity index (χ0n) is 7.95. The SMILES string of the molecule is CNC(CC(C)=O)c1ccccn1. The standard InChI is InChI=1S/C10H14N2O/c1-8(13)7-10(11-2)9-5-3-4-6-12-9/h3-6,10-11H,7H2,1-2H3. The molecule has 1 unspecified atom stereocenters. The highest BCUT2D eigenvalue weighted by molar-refractivity contribution is 5.76. The Morgan fingerprint density at radius 2 is 2.38 bits per heavy atom. The molecule has 3 nitrogen and oxygen atoms in total. The minimum atomic E-state index is 0.0405. The highest BCUT2D eigenvalue weighted by atomic mass is 16.1. The van der Waals surface area contributed by atoms with E-state index in [4.69, 9.17) is 0 Å². The maximum Gasteiger partial charge on any atom is 0.131 e. The van der Waals surface area contributed by atoms with Crippen molar-refractivity contribution >= 4 is 5.78 Å². The van der Waals surface area contributed by atoms with Gasteiger partial charge in [0.25, 0.3) is 0 Å². The van der Waals surface area contributed by atoms with Crippen LogP contribution in [0.25, 0.3) is 0 Å². The number of pyridine rings is 1. The molecule has 0 spiro atoms. The van der Waals surface area contributed by atoms with Gasteiger partial charge >= 0.3 is 0 Å². The van der Waals surface area contributed by atoms with Crippen molar-refractivity contribution in [3.8, 4) is 0 Å². The van der Waals surface area contributed by atoms with Crippen molar-refractivity contribution in [2.45, 2.75) is 19.4 Å². The molecule has 0 amide bonds. The predicted octanol–water partition coefficient (Wildman–Crippen LogP) is 1.32. The van der Waals surface area contributed by atoms with Crippen LogP contribution in [0.4, 0.5) is 0 Å². The van der Waals surface area contributed by atoms with E-state index in [1.54, 1.807) is 13.1 Å². The molecule has 0 aliphatic carbocycles. The van der Waals surface area contributed by atoms with Gasteiger partial charge in [-0.05, 0) is 26.1 Å². The second-order valence-electron chi connectivity index (χ2n) is 3.00. The molecule has 1 aromatic heterocycles. The molecule has 0 saturated carbocycles. The average Bonchev–Trinajstić information content (AvgIpc) is 2.15. The van der Waals surface area contributed by atoms with Gasteiger partial charge in [-0.3, -0.25) is 9.78 Å². The summed E-state index contributed by atoms with van der Waals surface area (Å²) in [4.78, 5) is 15.1. The second-order valence-corrected chi connectivity index (χ2v) is 3.00. The Balaban J connectivity index is 2.73. The minimum Gasteiger partial charge on any atom is -0.311 e. The minimum absolute atomic E-state index is 0.0405. The van der Waals surface area contributed by atoms with E-state index in [1.165, 1.54) is 0 Å². The lowest BCUT2D eigenvalue weighted by atomic mass is 10.1.